The average Bonchev–Trinajstić information content (AvgIpc) is 2.57. The molecule has 0 aromatic rings. The number of aliphatic imine (C=N–C) groups is 1. The second kappa shape index (κ2) is 2.43. The maximum atomic E-state index is 11.6. The third-order valence-corrected chi connectivity index (χ3v) is 3.14. The van der Waals surface area contributed by atoms with Crippen LogP contribution in [-0.4, -0.2) is 18.0 Å². The zero-order valence-corrected chi connectivity index (χ0v) is 8.68. The maximum absolute atomic E-state index is 11.6. The second-order valence-corrected chi connectivity index (χ2v) is 5.56. The third kappa shape index (κ3) is 1.67. The summed E-state index contributed by atoms with van der Waals surface area (Å²) >= 11 is 0. The molecule has 72 valence electrons. The van der Waals surface area contributed by atoms with Gasteiger partial charge >= 0.3 is 0 Å². The molecule has 0 aromatic carbocycles. The molecule has 1 atom stereocenters. The number of rotatable bonds is 1. The van der Waals surface area contributed by atoms with Crippen molar-refractivity contribution < 1.29 is 4.79 Å². The van der Waals surface area contributed by atoms with Gasteiger partial charge in [0.05, 0.1) is 6.54 Å². The summed E-state index contributed by atoms with van der Waals surface area (Å²) in [5, 5.41) is 0. The van der Waals surface area contributed by atoms with Crippen molar-refractivity contribution in [3.05, 3.63) is 0 Å². The van der Waals surface area contributed by atoms with Gasteiger partial charge in [0, 0.05) is 24.0 Å². The third-order valence-electron chi connectivity index (χ3n) is 3.14. The minimum atomic E-state index is 0.0961. The van der Waals surface area contributed by atoms with Crippen LogP contribution in [0.2, 0.25) is 0 Å². The molecule has 0 spiro atoms. The van der Waals surface area contributed by atoms with Crippen molar-refractivity contribution in [3.63, 3.8) is 0 Å². The Bertz CT molecular complexity index is 290. The van der Waals surface area contributed by atoms with E-state index in [2.05, 4.69) is 25.8 Å². The minimum absolute atomic E-state index is 0.0961. The van der Waals surface area contributed by atoms with Crippen molar-refractivity contribution in [2.75, 3.05) is 6.54 Å². The number of carbonyl (C=O) groups is 1. The fourth-order valence-corrected chi connectivity index (χ4v) is 2.84. The van der Waals surface area contributed by atoms with Gasteiger partial charge in [-0.2, -0.15) is 0 Å². The Kier molecular flexibility index (Phi) is 1.67. The summed E-state index contributed by atoms with van der Waals surface area (Å²) in [6.45, 7) is 7.47. The molecule has 0 radical (unpaired) electrons. The van der Waals surface area contributed by atoms with E-state index in [0.717, 1.165) is 25.8 Å². The fourth-order valence-electron chi connectivity index (χ4n) is 2.84. The van der Waals surface area contributed by atoms with Gasteiger partial charge in [0.25, 0.3) is 0 Å². The molecule has 0 amide bonds. The Morgan fingerprint density at radius 3 is 2.31 bits per heavy atom. The van der Waals surface area contributed by atoms with Gasteiger partial charge in [-0.1, -0.05) is 20.8 Å². The SMILES string of the molecule is CC1(C)CC(=O)CC(C)(C2=NC2)C1. The summed E-state index contributed by atoms with van der Waals surface area (Å²) in [5.41, 5.74) is 1.54. The molecule has 0 N–H and O–H groups in total. The monoisotopic (exact) mass is 179 g/mol. The van der Waals surface area contributed by atoms with Crippen LogP contribution in [0.5, 0.6) is 0 Å². The van der Waals surface area contributed by atoms with Crippen LogP contribution in [-0.2, 0) is 4.79 Å². The molecule has 0 aromatic heterocycles. The molecule has 13 heavy (non-hydrogen) atoms. The molecule has 1 aliphatic heterocycles. The molecule has 1 fully saturated rings. The van der Waals surface area contributed by atoms with Crippen molar-refractivity contribution >= 4 is 11.5 Å². The highest BCUT2D eigenvalue weighted by molar-refractivity contribution is 6.04. The lowest BCUT2D eigenvalue weighted by Crippen LogP contribution is -2.38. The minimum Gasteiger partial charge on any atom is -0.300 e. The molecule has 0 bridgehead atoms. The largest absolute Gasteiger partial charge is 0.300 e. The molecule has 2 nitrogen and oxygen atoms in total. The molecule has 1 unspecified atom stereocenters. The summed E-state index contributed by atoms with van der Waals surface area (Å²) in [6.07, 6.45) is 2.58. The first-order valence-corrected chi connectivity index (χ1v) is 4.97. The summed E-state index contributed by atoms with van der Waals surface area (Å²) in [5.74, 6) is 0.411. The Hall–Kier alpha value is -0.660. The van der Waals surface area contributed by atoms with E-state index in [0.29, 0.717) is 5.78 Å². The van der Waals surface area contributed by atoms with E-state index in [4.69, 9.17) is 0 Å². The maximum Gasteiger partial charge on any atom is 0.134 e. The standard InChI is InChI=1S/C11H17NO/c1-10(2)4-8(13)5-11(3,7-10)9-6-12-9/h4-7H2,1-3H3. The zero-order chi connectivity index (χ0) is 9.69. The van der Waals surface area contributed by atoms with Gasteiger partial charge in [-0.05, 0) is 11.8 Å². The van der Waals surface area contributed by atoms with Crippen molar-refractivity contribution in [3.8, 4) is 0 Å². The Labute approximate surface area is 79.4 Å². The van der Waals surface area contributed by atoms with E-state index in [-0.39, 0.29) is 10.8 Å². The molecular weight excluding hydrogens is 162 g/mol. The highest BCUT2D eigenvalue weighted by atomic mass is 16.1. The van der Waals surface area contributed by atoms with E-state index in [1.807, 2.05) is 0 Å². The first kappa shape index (κ1) is 8.92. The predicted octanol–water partition coefficient (Wildman–Crippen LogP) is 2.23. The van der Waals surface area contributed by atoms with Crippen LogP contribution in [0.4, 0.5) is 0 Å². The Balaban J connectivity index is 2.21. The highest BCUT2D eigenvalue weighted by Gasteiger charge is 2.45. The van der Waals surface area contributed by atoms with Crippen molar-refractivity contribution in [1.29, 1.82) is 0 Å². The van der Waals surface area contributed by atoms with E-state index in [9.17, 15) is 4.79 Å². The average molecular weight is 179 g/mol. The lowest BCUT2D eigenvalue weighted by molar-refractivity contribution is -0.125. The smallest absolute Gasteiger partial charge is 0.134 e. The normalized spacial score (nSPS) is 37.2. The molecular formula is C11H17NO. The van der Waals surface area contributed by atoms with Gasteiger partial charge in [-0.15, -0.1) is 0 Å². The molecule has 2 heteroatoms. The quantitative estimate of drug-likeness (QED) is 0.607. The van der Waals surface area contributed by atoms with Crippen LogP contribution in [0.1, 0.15) is 40.0 Å². The fraction of sp³-hybridized carbons (Fsp3) is 0.818. The van der Waals surface area contributed by atoms with Crippen LogP contribution in [0.3, 0.4) is 0 Å². The number of Topliss-reactive ketones (excluding diaryl/α,β-unsaturated/α-hetero) is 1. The highest BCUT2D eigenvalue weighted by Crippen LogP contribution is 2.47. The van der Waals surface area contributed by atoms with E-state index in [1.54, 1.807) is 0 Å². The molecule has 2 rings (SSSR count). The summed E-state index contributed by atoms with van der Waals surface area (Å²) in [6, 6.07) is 0. The van der Waals surface area contributed by atoms with Gasteiger partial charge in [0.2, 0.25) is 0 Å². The molecule has 1 heterocycles. The van der Waals surface area contributed by atoms with Gasteiger partial charge < -0.3 is 0 Å². The van der Waals surface area contributed by atoms with Crippen LogP contribution < -0.4 is 0 Å². The number of carbonyl (C=O) groups excluding carboxylic acids is 1. The van der Waals surface area contributed by atoms with Crippen molar-refractivity contribution in [1.82, 2.24) is 0 Å². The van der Waals surface area contributed by atoms with Crippen LogP contribution in [0, 0.1) is 10.8 Å². The van der Waals surface area contributed by atoms with Crippen molar-refractivity contribution in [2.24, 2.45) is 15.8 Å². The first-order valence-electron chi connectivity index (χ1n) is 4.97. The molecule has 2 aliphatic rings. The van der Waals surface area contributed by atoms with Gasteiger partial charge in [-0.25, -0.2) is 0 Å². The molecule has 0 saturated heterocycles. The zero-order valence-electron chi connectivity index (χ0n) is 8.68. The van der Waals surface area contributed by atoms with Gasteiger partial charge in [0.15, 0.2) is 0 Å². The van der Waals surface area contributed by atoms with Crippen LogP contribution in [0.25, 0.3) is 0 Å². The van der Waals surface area contributed by atoms with Crippen LogP contribution in [0.15, 0.2) is 4.99 Å². The summed E-state index contributed by atoms with van der Waals surface area (Å²) in [4.78, 5) is 15.8. The summed E-state index contributed by atoms with van der Waals surface area (Å²) < 4.78 is 0. The van der Waals surface area contributed by atoms with Crippen LogP contribution >= 0.6 is 0 Å². The number of hydrogen-bond donors (Lipinski definition) is 0. The number of hydrogen-bond acceptors (Lipinski definition) is 2. The van der Waals surface area contributed by atoms with E-state index < -0.39 is 0 Å². The number of nitrogens with zero attached hydrogens (tertiary/aromatic N) is 1. The van der Waals surface area contributed by atoms with Crippen molar-refractivity contribution in [2.45, 2.75) is 40.0 Å². The van der Waals surface area contributed by atoms with Gasteiger partial charge in [0.1, 0.15) is 5.78 Å². The first-order chi connectivity index (χ1) is 5.91. The lowest BCUT2D eigenvalue weighted by atomic mass is 9.63. The van der Waals surface area contributed by atoms with Gasteiger partial charge in [-0.3, -0.25) is 9.79 Å². The van der Waals surface area contributed by atoms with E-state index >= 15 is 0 Å². The lowest BCUT2D eigenvalue weighted by Gasteiger charge is -2.40. The second-order valence-electron chi connectivity index (χ2n) is 5.56. The topological polar surface area (TPSA) is 29.4 Å². The molecule has 1 saturated carbocycles. The molecule has 1 aliphatic carbocycles. The summed E-state index contributed by atoms with van der Waals surface area (Å²) in [7, 11) is 0. The number of ketones is 1. The predicted molar refractivity (Wildman–Crippen MR) is 53.0 cm³/mol. The Morgan fingerprint density at radius 1 is 1.23 bits per heavy atom. The van der Waals surface area contributed by atoms with E-state index in [1.165, 1.54) is 5.71 Å². The Morgan fingerprint density at radius 2 is 1.85 bits per heavy atom.